The first-order valence-electron chi connectivity index (χ1n) is 7.61. The maximum Gasteiger partial charge on any atom is 0.244 e. The molecule has 0 radical (unpaired) electrons. The zero-order valence-corrected chi connectivity index (χ0v) is 14.1. The Balaban J connectivity index is 2.18. The molecule has 0 aromatic carbocycles. The van der Waals surface area contributed by atoms with Crippen molar-refractivity contribution in [1.29, 1.82) is 0 Å². The lowest BCUT2D eigenvalue weighted by Gasteiger charge is -2.34. The van der Waals surface area contributed by atoms with Gasteiger partial charge < -0.3 is 9.73 Å². The molecule has 1 fully saturated rings. The average Bonchev–Trinajstić information content (AvgIpc) is 2.77. The van der Waals surface area contributed by atoms with Crippen LogP contribution in [0.1, 0.15) is 44.6 Å². The summed E-state index contributed by atoms with van der Waals surface area (Å²) < 4.78 is 33.6. The third-order valence-electron chi connectivity index (χ3n) is 4.58. The molecule has 1 saturated carbocycles. The molecule has 1 aliphatic rings. The maximum atomic E-state index is 12.6. The van der Waals surface area contributed by atoms with Crippen LogP contribution in [0, 0.1) is 18.8 Å². The molecule has 0 aliphatic heterocycles. The highest BCUT2D eigenvalue weighted by atomic mass is 32.2. The number of hydrogen-bond acceptors (Lipinski definition) is 4. The summed E-state index contributed by atoms with van der Waals surface area (Å²) in [7, 11) is -1.71. The Morgan fingerprint density at radius 1 is 1.33 bits per heavy atom. The van der Waals surface area contributed by atoms with E-state index in [2.05, 4.69) is 23.9 Å². The fraction of sp³-hybridized carbons (Fsp3) is 0.733. The SMILES string of the molecule is CNCc1cc(S(=O)(=O)NC2CCCC(C)C2C)c(C)o1. The van der Waals surface area contributed by atoms with Crippen molar-refractivity contribution >= 4 is 10.0 Å². The van der Waals surface area contributed by atoms with Crippen LogP contribution in [0.25, 0.3) is 0 Å². The molecular formula is C15H26N2O3S. The van der Waals surface area contributed by atoms with Crippen molar-refractivity contribution in [1.82, 2.24) is 10.0 Å². The monoisotopic (exact) mass is 314 g/mol. The first kappa shape index (κ1) is 16.5. The van der Waals surface area contributed by atoms with Gasteiger partial charge in [0.05, 0.1) is 6.54 Å². The lowest BCUT2D eigenvalue weighted by molar-refractivity contribution is 0.227. The molecule has 21 heavy (non-hydrogen) atoms. The van der Waals surface area contributed by atoms with Gasteiger partial charge in [-0.2, -0.15) is 0 Å². The van der Waals surface area contributed by atoms with Crippen LogP contribution in [-0.4, -0.2) is 21.5 Å². The molecule has 0 amide bonds. The first-order valence-corrected chi connectivity index (χ1v) is 9.09. The highest BCUT2D eigenvalue weighted by Crippen LogP contribution is 2.31. The van der Waals surface area contributed by atoms with E-state index < -0.39 is 10.0 Å². The van der Waals surface area contributed by atoms with Crippen LogP contribution in [0.15, 0.2) is 15.4 Å². The summed E-state index contributed by atoms with van der Waals surface area (Å²) in [5, 5.41) is 2.96. The van der Waals surface area contributed by atoms with Crippen LogP contribution in [0.2, 0.25) is 0 Å². The molecule has 0 bridgehead atoms. The van der Waals surface area contributed by atoms with E-state index in [1.807, 2.05) is 0 Å². The minimum Gasteiger partial charge on any atom is -0.464 e. The number of nitrogens with one attached hydrogen (secondary N) is 2. The molecule has 3 atom stereocenters. The van der Waals surface area contributed by atoms with Gasteiger partial charge in [0.2, 0.25) is 10.0 Å². The molecule has 0 spiro atoms. The quantitative estimate of drug-likeness (QED) is 0.875. The van der Waals surface area contributed by atoms with Crippen LogP contribution in [0.5, 0.6) is 0 Å². The summed E-state index contributed by atoms with van der Waals surface area (Å²) in [6, 6.07) is 1.63. The van der Waals surface area contributed by atoms with Crippen molar-refractivity contribution in [3.8, 4) is 0 Å². The topological polar surface area (TPSA) is 71.3 Å². The fourth-order valence-corrected chi connectivity index (χ4v) is 4.63. The summed E-state index contributed by atoms with van der Waals surface area (Å²) in [4.78, 5) is 0.262. The predicted octanol–water partition coefficient (Wildman–Crippen LogP) is 2.41. The van der Waals surface area contributed by atoms with Gasteiger partial charge in [0.15, 0.2) is 0 Å². The highest BCUT2D eigenvalue weighted by Gasteiger charge is 2.32. The largest absolute Gasteiger partial charge is 0.464 e. The lowest BCUT2D eigenvalue weighted by Crippen LogP contribution is -2.43. The molecule has 2 N–H and O–H groups in total. The Morgan fingerprint density at radius 2 is 2.05 bits per heavy atom. The van der Waals surface area contributed by atoms with Crippen LogP contribution in [0.4, 0.5) is 0 Å². The van der Waals surface area contributed by atoms with E-state index in [0.717, 1.165) is 12.8 Å². The standard InChI is InChI=1S/C15H26N2O3S/c1-10-6-5-7-14(11(10)2)17-21(18,19)15-8-13(9-16-4)20-12(15)3/h8,10-11,14,16-17H,5-7,9H2,1-4H3. The van der Waals surface area contributed by atoms with Gasteiger partial charge in [-0.25, -0.2) is 13.1 Å². The zero-order chi connectivity index (χ0) is 15.6. The van der Waals surface area contributed by atoms with E-state index in [0.29, 0.717) is 29.9 Å². The van der Waals surface area contributed by atoms with Gasteiger partial charge in [0.25, 0.3) is 0 Å². The number of aryl methyl sites for hydroxylation is 1. The Kier molecular flexibility index (Phi) is 5.11. The van der Waals surface area contributed by atoms with Gasteiger partial charge in [-0.05, 0) is 32.2 Å². The second-order valence-electron chi connectivity index (χ2n) is 6.16. The van der Waals surface area contributed by atoms with Crippen LogP contribution in [-0.2, 0) is 16.6 Å². The molecule has 2 rings (SSSR count). The van der Waals surface area contributed by atoms with Crippen molar-refractivity contribution < 1.29 is 12.8 Å². The van der Waals surface area contributed by atoms with Crippen LogP contribution >= 0.6 is 0 Å². The molecule has 1 aromatic rings. The summed E-state index contributed by atoms with van der Waals surface area (Å²) >= 11 is 0. The summed E-state index contributed by atoms with van der Waals surface area (Å²) in [5.74, 6) is 2.00. The van der Waals surface area contributed by atoms with E-state index in [1.54, 1.807) is 20.0 Å². The second kappa shape index (κ2) is 6.50. The van der Waals surface area contributed by atoms with E-state index >= 15 is 0 Å². The van der Waals surface area contributed by atoms with E-state index in [9.17, 15) is 8.42 Å². The highest BCUT2D eigenvalue weighted by molar-refractivity contribution is 7.89. The van der Waals surface area contributed by atoms with Gasteiger partial charge >= 0.3 is 0 Å². The molecule has 1 aliphatic carbocycles. The zero-order valence-electron chi connectivity index (χ0n) is 13.3. The van der Waals surface area contributed by atoms with Gasteiger partial charge in [0.1, 0.15) is 16.4 Å². The number of furan rings is 1. The maximum absolute atomic E-state index is 12.6. The molecule has 1 heterocycles. The minimum absolute atomic E-state index is 0.0146. The van der Waals surface area contributed by atoms with E-state index in [4.69, 9.17) is 4.42 Å². The smallest absolute Gasteiger partial charge is 0.244 e. The van der Waals surface area contributed by atoms with Crippen molar-refractivity contribution in [3.05, 3.63) is 17.6 Å². The first-order chi connectivity index (χ1) is 9.85. The predicted molar refractivity (Wildman–Crippen MR) is 82.5 cm³/mol. The van der Waals surface area contributed by atoms with E-state index in [1.165, 1.54) is 6.42 Å². The molecular weight excluding hydrogens is 288 g/mol. The van der Waals surface area contributed by atoms with Crippen LogP contribution < -0.4 is 10.0 Å². The van der Waals surface area contributed by atoms with Gasteiger partial charge in [-0.15, -0.1) is 0 Å². The summed E-state index contributed by atoms with van der Waals surface area (Å²) in [6.45, 7) is 6.54. The molecule has 1 aromatic heterocycles. The Morgan fingerprint density at radius 3 is 2.71 bits per heavy atom. The Labute approximate surface area is 127 Å². The summed E-state index contributed by atoms with van der Waals surface area (Å²) in [6.07, 6.45) is 3.16. The molecule has 120 valence electrons. The van der Waals surface area contributed by atoms with Gasteiger partial charge in [-0.1, -0.05) is 26.7 Å². The minimum atomic E-state index is -3.52. The number of hydrogen-bond donors (Lipinski definition) is 2. The van der Waals surface area contributed by atoms with Gasteiger partial charge in [0, 0.05) is 12.1 Å². The molecule has 5 nitrogen and oxygen atoms in total. The van der Waals surface area contributed by atoms with Crippen LogP contribution in [0.3, 0.4) is 0 Å². The van der Waals surface area contributed by atoms with Gasteiger partial charge in [-0.3, -0.25) is 0 Å². The molecule has 3 unspecified atom stereocenters. The molecule has 6 heteroatoms. The number of rotatable bonds is 5. The van der Waals surface area contributed by atoms with E-state index in [-0.39, 0.29) is 10.9 Å². The lowest BCUT2D eigenvalue weighted by atomic mass is 9.78. The third kappa shape index (κ3) is 3.67. The van der Waals surface area contributed by atoms with Crippen molar-refractivity contribution in [2.45, 2.75) is 57.5 Å². The molecule has 0 saturated heterocycles. The second-order valence-corrected chi connectivity index (χ2v) is 7.84. The Bertz CT molecular complexity index is 580. The fourth-order valence-electron chi connectivity index (χ4n) is 3.06. The number of sulfonamides is 1. The third-order valence-corrected chi connectivity index (χ3v) is 6.17. The van der Waals surface area contributed by atoms with Crippen molar-refractivity contribution in [2.75, 3.05) is 7.05 Å². The Hall–Kier alpha value is -0.850. The summed E-state index contributed by atoms with van der Waals surface area (Å²) in [5.41, 5.74) is 0. The van der Waals surface area contributed by atoms with Crippen molar-refractivity contribution in [2.24, 2.45) is 11.8 Å². The van der Waals surface area contributed by atoms with Crippen molar-refractivity contribution in [3.63, 3.8) is 0 Å². The average molecular weight is 314 g/mol. The normalized spacial score (nSPS) is 27.0.